The van der Waals surface area contributed by atoms with E-state index in [9.17, 15) is 35.5 Å². The second kappa shape index (κ2) is 4.84. The van der Waals surface area contributed by atoms with Crippen LogP contribution in [0.15, 0.2) is 24.3 Å². The summed E-state index contributed by atoms with van der Waals surface area (Å²) < 4.78 is 86.5. The first kappa shape index (κ1) is 16.1. The molecule has 112 valence electrons. The molecular weight excluding hydrogens is 299 g/mol. The van der Waals surface area contributed by atoms with Crippen molar-refractivity contribution in [3.63, 3.8) is 0 Å². The lowest BCUT2D eigenvalue weighted by atomic mass is 10.1. The van der Waals surface area contributed by atoms with E-state index in [1.54, 1.807) is 0 Å². The van der Waals surface area contributed by atoms with Crippen LogP contribution in [-0.2, 0) is 4.79 Å². The van der Waals surface area contributed by atoms with Crippen LogP contribution in [0.3, 0.4) is 0 Å². The predicted octanol–water partition coefficient (Wildman–Crippen LogP) is 3.16. The first-order chi connectivity index (χ1) is 8.89. The minimum Gasteiger partial charge on any atom is -0.508 e. The number of phenolic OH excluding ortho intramolecular Hbond substituents is 1. The van der Waals surface area contributed by atoms with E-state index in [0.717, 1.165) is 18.2 Å². The van der Waals surface area contributed by atoms with Gasteiger partial charge in [-0.3, -0.25) is 4.79 Å². The molecule has 0 aliphatic carbocycles. The molecule has 0 aromatic heterocycles. The molecule has 0 fully saturated rings. The number of anilines is 1. The highest BCUT2D eigenvalue weighted by atomic mass is 19.4. The molecule has 0 atom stereocenters. The Hall–Kier alpha value is -2.00. The van der Waals surface area contributed by atoms with Gasteiger partial charge in [0.25, 0.3) is 0 Å². The van der Waals surface area contributed by atoms with E-state index < -0.39 is 35.4 Å². The number of phenols is 1. The summed E-state index contributed by atoms with van der Waals surface area (Å²) in [6, 6.07) is 3.74. The van der Waals surface area contributed by atoms with Crippen LogP contribution < -0.4 is 5.32 Å². The Kier molecular flexibility index (Phi) is 3.88. The van der Waals surface area contributed by atoms with Crippen LogP contribution in [-0.4, -0.2) is 29.0 Å². The molecule has 1 aromatic rings. The molecule has 20 heavy (non-hydrogen) atoms. The highest BCUT2D eigenvalue weighted by molar-refractivity contribution is 5.97. The van der Waals surface area contributed by atoms with Crippen molar-refractivity contribution in [3.05, 3.63) is 24.3 Å². The van der Waals surface area contributed by atoms with E-state index in [1.165, 1.54) is 5.32 Å². The van der Waals surface area contributed by atoms with Crippen molar-refractivity contribution in [3.8, 4) is 5.75 Å². The molecule has 0 bridgehead atoms. The number of benzene rings is 1. The number of carbonyl (C=O) groups excluding carboxylic acids is 1. The van der Waals surface area contributed by atoms with Crippen molar-refractivity contribution in [2.75, 3.05) is 5.32 Å². The van der Waals surface area contributed by atoms with Crippen molar-refractivity contribution >= 4 is 11.6 Å². The van der Waals surface area contributed by atoms with E-state index in [0.29, 0.717) is 6.07 Å². The number of amides is 1. The molecular formula is C10H6F7NO2. The van der Waals surface area contributed by atoms with Gasteiger partial charge in [0.2, 0.25) is 0 Å². The van der Waals surface area contributed by atoms with Crippen LogP contribution in [0.25, 0.3) is 0 Å². The Balaban J connectivity index is 3.01. The van der Waals surface area contributed by atoms with Crippen LogP contribution in [0, 0.1) is 0 Å². The van der Waals surface area contributed by atoms with Crippen LogP contribution in [0.4, 0.5) is 36.4 Å². The number of rotatable bonds is 3. The third kappa shape index (κ3) is 2.78. The Morgan fingerprint density at radius 3 is 2.05 bits per heavy atom. The lowest BCUT2D eigenvalue weighted by Crippen LogP contribution is -2.57. The zero-order valence-corrected chi connectivity index (χ0v) is 9.31. The van der Waals surface area contributed by atoms with Gasteiger partial charge in [-0.1, -0.05) is 6.07 Å². The molecule has 0 unspecified atom stereocenters. The van der Waals surface area contributed by atoms with Crippen molar-refractivity contribution in [1.29, 1.82) is 0 Å². The normalized spacial score (nSPS) is 13.2. The molecule has 0 heterocycles. The molecule has 1 aromatic carbocycles. The van der Waals surface area contributed by atoms with Crippen molar-refractivity contribution in [1.82, 2.24) is 0 Å². The number of carbonyl (C=O) groups is 1. The van der Waals surface area contributed by atoms with Crippen LogP contribution >= 0.6 is 0 Å². The first-order valence-electron chi connectivity index (χ1n) is 4.82. The van der Waals surface area contributed by atoms with E-state index in [4.69, 9.17) is 5.11 Å². The summed E-state index contributed by atoms with van der Waals surface area (Å²) in [6.45, 7) is 0. The summed E-state index contributed by atoms with van der Waals surface area (Å²) in [5.41, 5.74) is -0.562. The van der Waals surface area contributed by atoms with Gasteiger partial charge in [0, 0.05) is 11.8 Å². The predicted molar refractivity (Wildman–Crippen MR) is 52.7 cm³/mol. The highest BCUT2D eigenvalue weighted by Crippen LogP contribution is 2.46. The van der Waals surface area contributed by atoms with Gasteiger partial charge in [-0.25, -0.2) is 0 Å². The quantitative estimate of drug-likeness (QED) is 0.843. The van der Waals surface area contributed by atoms with E-state index in [2.05, 4.69) is 0 Å². The molecule has 1 rings (SSSR count). The molecule has 0 aliphatic rings. The van der Waals surface area contributed by atoms with Crippen molar-refractivity contribution in [2.24, 2.45) is 0 Å². The first-order valence-corrected chi connectivity index (χ1v) is 4.82. The lowest BCUT2D eigenvalue weighted by Gasteiger charge is -2.27. The SMILES string of the molecule is O=C(Nc1cccc(O)c1)C(F)(F)C(F)(F)C(F)(F)F. The summed E-state index contributed by atoms with van der Waals surface area (Å²) in [4.78, 5) is 10.9. The van der Waals surface area contributed by atoms with Gasteiger partial charge in [0.1, 0.15) is 5.75 Å². The molecule has 0 saturated carbocycles. The third-order valence-corrected chi connectivity index (χ3v) is 2.14. The van der Waals surface area contributed by atoms with Gasteiger partial charge < -0.3 is 10.4 Å². The van der Waals surface area contributed by atoms with Gasteiger partial charge >= 0.3 is 23.9 Å². The topological polar surface area (TPSA) is 49.3 Å². The number of hydrogen-bond donors (Lipinski definition) is 2. The summed E-state index contributed by atoms with van der Waals surface area (Å²) in [7, 11) is 0. The smallest absolute Gasteiger partial charge is 0.460 e. The second-order valence-electron chi connectivity index (χ2n) is 3.65. The van der Waals surface area contributed by atoms with E-state index in [-0.39, 0.29) is 0 Å². The second-order valence-corrected chi connectivity index (χ2v) is 3.65. The Bertz CT molecular complexity index is 513. The van der Waals surface area contributed by atoms with E-state index in [1.807, 2.05) is 0 Å². The number of hydrogen-bond acceptors (Lipinski definition) is 2. The maximum absolute atomic E-state index is 12.9. The average molecular weight is 305 g/mol. The average Bonchev–Trinajstić information content (AvgIpc) is 2.27. The Labute approximate surface area is 107 Å². The fraction of sp³-hybridized carbons (Fsp3) is 0.300. The summed E-state index contributed by atoms with van der Waals surface area (Å²) in [5.74, 6) is -15.9. The fourth-order valence-corrected chi connectivity index (χ4v) is 1.11. The van der Waals surface area contributed by atoms with Crippen LogP contribution in [0.5, 0.6) is 5.75 Å². The maximum atomic E-state index is 12.9. The minimum atomic E-state index is -6.59. The zero-order chi connectivity index (χ0) is 15.8. The maximum Gasteiger partial charge on any atom is 0.460 e. The Morgan fingerprint density at radius 1 is 1.05 bits per heavy atom. The molecule has 0 spiro atoms. The van der Waals surface area contributed by atoms with Gasteiger partial charge in [0.05, 0.1) is 0 Å². The van der Waals surface area contributed by atoms with Crippen molar-refractivity contribution in [2.45, 2.75) is 18.0 Å². The van der Waals surface area contributed by atoms with Crippen LogP contribution in [0.1, 0.15) is 0 Å². The molecule has 0 saturated heterocycles. The summed E-state index contributed by atoms with van der Waals surface area (Å²) in [5, 5.41) is 10.1. The molecule has 0 aliphatic heterocycles. The van der Waals surface area contributed by atoms with Gasteiger partial charge in [-0.05, 0) is 12.1 Å². The summed E-state index contributed by atoms with van der Waals surface area (Å²) >= 11 is 0. The monoisotopic (exact) mass is 305 g/mol. The lowest BCUT2D eigenvalue weighted by molar-refractivity contribution is -0.343. The molecule has 10 heteroatoms. The largest absolute Gasteiger partial charge is 0.508 e. The minimum absolute atomic E-state index is 0.506. The molecule has 3 nitrogen and oxygen atoms in total. The van der Waals surface area contributed by atoms with E-state index >= 15 is 0 Å². The van der Waals surface area contributed by atoms with Gasteiger partial charge in [-0.2, -0.15) is 30.7 Å². The Morgan fingerprint density at radius 2 is 1.60 bits per heavy atom. The highest BCUT2D eigenvalue weighted by Gasteiger charge is 2.76. The summed E-state index contributed by atoms with van der Waals surface area (Å²) in [6.07, 6.45) is -6.59. The van der Waals surface area contributed by atoms with Gasteiger partial charge in [0.15, 0.2) is 0 Å². The number of nitrogens with one attached hydrogen (secondary N) is 1. The number of aromatic hydroxyl groups is 1. The molecule has 0 radical (unpaired) electrons. The molecule has 2 N–H and O–H groups in total. The molecule has 1 amide bonds. The van der Waals surface area contributed by atoms with Gasteiger partial charge in [-0.15, -0.1) is 0 Å². The zero-order valence-electron chi connectivity index (χ0n) is 9.31. The fourth-order valence-electron chi connectivity index (χ4n) is 1.11. The third-order valence-electron chi connectivity index (χ3n) is 2.14. The number of halogens is 7. The van der Waals surface area contributed by atoms with Crippen LogP contribution in [0.2, 0.25) is 0 Å². The standard InChI is InChI=1S/C10H6F7NO2/c11-8(12,9(13,14)10(15,16)17)7(20)18-5-2-1-3-6(19)4-5/h1-4,19H,(H,18,20). The van der Waals surface area contributed by atoms with Crippen molar-refractivity contribution < 1.29 is 40.6 Å². The number of alkyl halides is 7.